The first-order valence-corrected chi connectivity index (χ1v) is 11.6. The summed E-state index contributed by atoms with van der Waals surface area (Å²) in [4.78, 5) is 0. The van der Waals surface area contributed by atoms with Crippen molar-refractivity contribution in [3.63, 3.8) is 0 Å². The maximum Gasteiger partial charge on any atom is -0.0162 e. The van der Waals surface area contributed by atoms with Gasteiger partial charge in [-0.25, -0.2) is 0 Å². The molecule has 0 aliphatic heterocycles. The van der Waals surface area contributed by atoms with E-state index in [9.17, 15) is 0 Å². The lowest BCUT2D eigenvalue weighted by molar-refractivity contribution is 0.308. The maximum absolute atomic E-state index is 2.50. The second-order valence-electron chi connectivity index (χ2n) is 9.00. The smallest absolute Gasteiger partial charge is 0.0162 e. The standard InChI is InChI=1S/C26H40/c1-3-5-6-8-22-11-15-24(16-12-22)26-19-17-25(18-20-26)23-13-9-21(7-4-2)10-14-23/h6,8,17-24H,3-5,7,9-16H2,1-2H3/t21-,22-,23-,24-. The minimum absolute atomic E-state index is 0.806. The fourth-order valence-electron chi connectivity index (χ4n) is 5.33. The Morgan fingerprint density at radius 2 is 1.27 bits per heavy atom. The summed E-state index contributed by atoms with van der Waals surface area (Å²) in [7, 11) is 0. The first-order valence-electron chi connectivity index (χ1n) is 11.6. The third kappa shape index (κ3) is 5.48. The minimum atomic E-state index is 0.806. The monoisotopic (exact) mass is 352 g/mol. The quantitative estimate of drug-likeness (QED) is 0.432. The van der Waals surface area contributed by atoms with Gasteiger partial charge in [-0.1, -0.05) is 69.5 Å². The zero-order valence-corrected chi connectivity index (χ0v) is 17.3. The van der Waals surface area contributed by atoms with Gasteiger partial charge in [0.1, 0.15) is 0 Å². The molecule has 0 aromatic heterocycles. The minimum Gasteiger partial charge on any atom is -0.0883 e. The van der Waals surface area contributed by atoms with Crippen molar-refractivity contribution in [3.8, 4) is 0 Å². The van der Waals surface area contributed by atoms with Crippen LogP contribution in [-0.2, 0) is 0 Å². The molecule has 3 rings (SSSR count). The zero-order valence-electron chi connectivity index (χ0n) is 17.3. The van der Waals surface area contributed by atoms with Gasteiger partial charge in [0.25, 0.3) is 0 Å². The van der Waals surface area contributed by atoms with Crippen molar-refractivity contribution in [3.05, 3.63) is 47.5 Å². The van der Waals surface area contributed by atoms with Crippen LogP contribution in [0.2, 0.25) is 0 Å². The Kier molecular flexibility index (Phi) is 7.84. The molecule has 0 heterocycles. The lowest BCUT2D eigenvalue weighted by Gasteiger charge is -2.30. The number of hydrogen-bond donors (Lipinski definition) is 0. The highest BCUT2D eigenvalue weighted by atomic mass is 14.3. The van der Waals surface area contributed by atoms with Crippen LogP contribution in [0.15, 0.2) is 36.4 Å². The highest BCUT2D eigenvalue weighted by molar-refractivity contribution is 5.28. The molecule has 2 aliphatic rings. The topological polar surface area (TPSA) is 0 Å². The Bertz CT molecular complexity index is 522. The van der Waals surface area contributed by atoms with Crippen LogP contribution in [0.5, 0.6) is 0 Å². The van der Waals surface area contributed by atoms with Crippen LogP contribution in [0.1, 0.15) is 114 Å². The van der Waals surface area contributed by atoms with E-state index in [4.69, 9.17) is 0 Å². The van der Waals surface area contributed by atoms with Gasteiger partial charge < -0.3 is 0 Å². The largest absolute Gasteiger partial charge is 0.0883 e. The molecule has 0 amide bonds. The maximum atomic E-state index is 2.50. The van der Waals surface area contributed by atoms with E-state index in [-0.39, 0.29) is 0 Å². The van der Waals surface area contributed by atoms with Crippen LogP contribution >= 0.6 is 0 Å². The highest BCUT2D eigenvalue weighted by Gasteiger charge is 2.23. The SMILES string of the molecule is CCCC=C[C@H]1CC[C@H](c2ccc([C@H]3CC[C@H](CCC)CC3)cc2)CC1. The molecule has 144 valence electrons. The van der Waals surface area contributed by atoms with Crippen LogP contribution in [0, 0.1) is 11.8 Å². The number of unbranched alkanes of at least 4 members (excludes halogenated alkanes) is 1. The molecule has 0 unspecified atom stereocenters. The average Bonchev–Trinajstić information content (AvgIpc) is 2.70. The molecule has 0 saturated heterocycles. The Morgan fingerprint density at radius 3 is 1.77 bits per heavy atom. The molecule has 0 heteroatoms. The Morgan fingerprint density at radius 1 is 0.731 bits per heavy atom. The molecule has 1 aromatic carbocycles. The van der Waals surface area contributed by atoms with Gasteiger partial charge in [0, 0.05) is 0 Å². The number of rotatable bonds is 7. The molecule has 0 atom stereocenters. The molecule has 26 heavy (non-hydrogen) atoms. The molecule has 0 bridgehead atoms. The summed E-state index contributed by atoms with van der Waals surface area (Å²) in [6.07, 6.45) is 21.5. The third-order valence-corrected chi connectivity index (χ3v) is 7.06. The first kappa shape index (κ1) is 19.7. The van der Waals surface area contributed by atoms with E-state index in [2.05, 4.69) is 50.3 Å². The number of allylic oxidation sites excluding steroid dienone is 2. The highest BCUT2D eigenvalue weighted by Crippen LogP contribution is 2.39. The van der Waals surface area contributed by atoms with Gasteiger partial charge in [-0.2, -0.15) is 0 Å². The molecule has 2 fully saturated rings. The van der Waals surface area contributed by atoms with Gasteiger partial charge in [-0.15, -0.1) is 0 Å². The fraction of sp³-hybridized carbons (Fsp3) is 0.692. The molecule has 2 saturated carbocycles. The van der Waals surface area contributed by atoms with Gasteiger partial charge in [-0.3, -0.25) is 0 Å². The van der Waals surface area contributed by atoms with Crippen molar-refractivity contribution < 1.29 is 0 Å². The molecule has 0 nitrogen and oxygen atoms in total. The third-order valence-electron chi connectivity index (χ3n) is 7.06. The Balaban J connectivity index is 1.48. The van der Waals surface area contributed by atoms with Gasteiger partial charge >= 0.3 is 0 Å². The van der Waals surface area contributed by atoms with E-state index in [1.807, 2.05) is 0 Å². The molecular formula is C26H40. The average molecular weight is 353 g/mol. The van der Waals surface area contributed by atoms with Crippen LogP contribution < -0.4 is 0 Å². The summed E-state index contributed by atoms with van der Waals surface area (Å²) in [5.74, 6) is 3.49. The van der Waals surface area contributed by atoms with Gasteiger partial charge in [0.05, 0.1) is 0 Å². The van der Waals surface area contributed by atoms with E-state index >= 15 is 0 Å². The second-order valence-corrected chi connectivity index (χ2v) is 9.00. The van der Waals surface area contributed by atoms with E-state index < -0.39 is 0 Å². The molecule has 1 aromatic rings. The summed E-state index contributed by atoms with van der Waals surface area (Å²) in [6, 6.07) is 9.86. The summed E-state index contributed by atoms with van der Waals surface area (Å²) in [5.41, 5.74) is 3.21. The van der Waals surface area contributed by atoms with Crippen molar-refractivity contribution >= 4 is 0 Å². The first-order chi connectivity index (χ1) is 12.8. The lowest BCUT2D eigenvalue weighted by Crippen LogP contribution is -2.14. The predicted molar refractivity (Wildman–Crippen MR) is 115 cm³/mol. The van der Waals surface area contributed by atoms with Crippen molar-refractivity contribution in [1.82, 2.24) is 0 Å². The molecular weight excluding hydrogens is 312 g/mol. The van der Waals surface area contributed by atoms with Crippen LogP contribution in [-0.4, -0.2) is 0 Å². The van der Waals surface area contributed by atoms with E-state index in [0.717, 1.165) is 23.7 Å². The van der Waals surface area contributed by atoms with Crippen LogP contribution in [0.25, 0.3) is 0 Å². The van der Waals surface area contributed by atoms with Gasteiger partial charge in [0.2, 0.25) is 0 Å². The van der Waals surface area contributed by atoms with Crippen molar-refractivity contribution in [2.24, 2.45) is 11.8 Å². The number of hydrogen-bond acceptors (Lipinski definition) is 0. The van der Waals surface area contributed by atoms with Crippen LogP contribution in [0.4, 0.5) is 0 Å². The molecule has 2 aliphatic carbocycles. The van der Waals surface area contributed by atoms with Gasteiger partial charge in [-0.05, 0) is 92.6 Å². The molecule has 0 radical (unpaired) electrons. The van der Waals surface area contributed by atoms with E-state index in [1.54, 1.807) is 11.1 Å². The Hall–Kier alpha value is -1.04. The van der Waals surface area contributed by atoms with Gasteiger partial charge in [0.15, 0.2) is 0 Å². The van der Waals surface area contributed by atoms with Crippen molar-refractivity contribution in [2.45, 2.75) is 103 Å². The summed E-state index contributed by atoms with van der Waals surface area (Å²) in [5, 5.41) is 0. The zero-order chi connectivity index (χ0) is 18.2. The summed E-state index contributed by atoms with van der Waals surface area (Å²) < 4.78 is 0. The predicted octanol–water partition coefficient (Wildman–Crippen LogP) is 8.39. The van der Waals surface area contributed by atoms with Crippen LogP contribution in [0.3, 0.4) is 0 Å². The molecule has 0 spiro atoms. The van der Waals surface area contributed by atoms with Crippen molar-refractivity contribution in [2.75, 3.05) is 0 Å². The second kappa shape index (κ2) is 10.3. The molecule has 0 N–H and O–H groups in total. The number of benzene rings is 1. The summed E-state index contributed by atoms with van der Waals surface area (Å²) >= 11 is 0. The van der Waals surface area contributed by atoms with E-state index in [1.165, 1.54) is 77.0 Å². The lowest BCUT2D eigenvalue weighted by atomic mass is 9.76. The summed E-state index contributed by atoms with van der Waals surface area (Å²) in [6.45, 7) is 4.60. The van der Waals surface area contributed by atoms with Crippen molar-refractivity contribution in [1.29, 1.82) is 0 Å². The van der Waals surface area contributed by atoms with E-state index in [0.29, 0.717) is 0 Å². The Labute approximate surface area is 162 Å². The normalized spacial score (nSPS) is 29.9. The fourth-order valence-corrected chi connectivity index (χ4v) is 5.33.